The molecule has 34 heavy (non-hydrogen) atoms. The quantitative estimate of drug-likeness (QED) is 0.362. The van der Waals surface area contributed by atoms with Crippen LogP contribution in [0.15, 0.2) is 77.9 Å². The first kappa shape index (κ1) is 24.2. The molecule has 0 aliphatic heterocycles. The fraction of sp³-hybridized carbons (Fsp3) is 0.419. The molecule has 0 amide bonds. The summed E-state index contributed by atoms with van der Waals surface area (Å²) >= 11 is 0. The fourth-order valence-electron chi connectivity index (χ4n) is 5.63. The van der Waals surface area contributed by atoms with Crippen molar-refractivity contribution in [2.45, 2.75) is 65.4 Å². The number of esters is 1. The Morgan fingerprint density at radius 1 is 1.03 bits per heavy atom. The van der Waals surface area contributed by atoms with Crippen LogP contribution in [-0.4, -0.2) is 17.4 Å². The van der Waals surface area contributed by atoms with Crippen molar-refractivity contribution in [3.8, 4) is 0 Å². The minimum Gasteiger partial charge on any atom is -0.457 e. The monoisotopic (exact) mass is 456 g/mol. The number of rotatable bonds is 4. The van der Waals surface area contributed by atoms with E-state index in [2.05, 4.69) is 26.0 Å². The second-order valence-electron chi connectivity index (χ2n) is 11.1. The van der Waals surface area contributed by atoms with E-state index in [0.717, 1.165) is 23.1 Å². The molecule has 178 valence electrons. The fourth-order valence-corrected chi connectivity index (χ4v) is 5.63. The van der Waals surface area contributed by atoms with E-state index < -0.39 is 11.0 Å². The maximum Gasteiger partial charge on any atom is 0.335 e. The van der Waals surface area contributed by atoms with E-state index in [0.29, 0.717) is 30.3 Å². The Morgan fingerprint density at radius 3 is 2.24 bits per heavy atom. The predicted octanol–water partition coefficient (Wildman–Crippen LogP) is 7.15. The van der Waals surface area contributed by atoms with Crippen molar-refractivity contribution in [2.75, 3.05) is 0 Å². The maximum absolute atomic E-state index is 14.5. The van der Waals surface area contributed by atoms with E-state index in [-0.39, 0.29) is 17.7 Å². The van der Waals surface area contributed by atoms with Gasteiger partial charge >= 0.3 is 5.97 Å². The Balaban J connectivity index is 1.87. The third-order valence-corrected chi connectivity index (χ3v) is 7.30. The van der Waals surface area contributed by atoms with E-state index in [1.807, 2.05) is 81.5 Å². The molecule has 1 spiro atoms. The first-order chi connectivity index (χ1) is 16.1. The normalized spacial score (nSPS) is 26.2. The molecule has 2 aromatic carbocycles. The van der Waals surface area contributed by atoms with Crippen LogP contribution in [0.25, 0.3) is 6.08 Å². The summed E-state index contributed by atoms with van der Waals surface area (Å²) in [5.41, 5.74) is 1.95. The van der Waals surface area contributed by atoms with Crippen LogP contribution < -0.4 is 0 Å². The van der Waals surface area contributed by atoms with Crippen molar-refractivity contribution in [1.82, 2.24) is 0 Å². The standard InChI is InChI=1S/C31H36O3/c1-21(2)25-19-24(18-22-12-8-6-9-13-22)28(32)31(20-25)26(23-14-10-7-11-15-23)16-17-27(31)29(33)34-30(3,4)5/h6-15,17-18,21,25-26H,16,19-20H2,1-5H3/b24-18+/t25?,26-,31-/m1/s1. The Hall–Kier alpha value is -2.94. The van der Waals surface area contributed by atoms with Crippen LogP contribution in [0.2, 0.25) is 0 Å². The van der Waals surface area contributed by atoms with Crippen molar-refractivity contribution < 1.29 is 14.3 Å². The van der Waals surface area contributed by atoms with E-state index in [4.69, 9.17) is 4.74 Å². The number of Topliss-reactive ketones (excluding diaryl/α,β-unsaturated/α-hetero) is 1. The zero-order valence-corrected chi connectivity index (χ0v) is 21.0. The van der Waals surface area contributed by atoms with Crippen LogP contribution >= 0.6 is 0 Å². The van der Waals surface area contributed by atoms with Crippen molar-refractivity contribution in [2.24, 2.45) is 17.3 Å². The summed E-state index contributed by atoms with van der Waals surface area (Å²) in [5.74, 6) is 0.327. The molecule has 2 aliphatic carbocycles. The van der Waals surface area contributed by atoms with E-state index in [1.165, 1.54) is 0 Å². The molecule has 0 heterocycles. The zero-order valence-electron chi connectivity index (χ0n) is 21.0. The molecule has 1 fully saturated rings. The molecular formula is C31H36O3. The second kappa shape index (κ2) is 9.37. The summed E-state index contributed by atoms with van der Waals surface area (Å²) in [6.45, 7) is 10.1. The third kappa shape index (κ3) is 4.66. The summed E-state index contributed by atoms with van der Waals surface area (Å²) in [7, 11) is 0. The lowest BCUT2D eigenvalue weighted by molar-refractivity contribution is -0.153. The van der Waals surface area contributed by atoms with Crippen LogP contribution in [0.5, 0.6) is 0 Å². The molecule has 4 rings (SSSR count). The third-order valence-electron chi connectivity index (χ3n) is 7.30. The molecule has 3 heteroatoms. The summed E-state index contributed by atoms with van der Waals surface area (Å²) in [6, 6.07) is 20.2. The van der Waals surface area contributed by atoms with Crippen LogP contribution in [0.1, 0.15) is 70.9 Å². The van der Waals surface area contributed by atoms with Gasteiger partial charge < -0.3 is 4.74 Å². The van der Waals surface area contributed by atoms with Crippen molar-refractivity contribution in [3.63, 3.8) is 0 Å². The van der Waals surface area contributed by atoms with Gasteiger partial charge in [-0.1, -0.05) is 80.6 Å². The highest BCUT2D eigenvalue weighted by atomic mass is 16.6. The van der Waals surface area contributed by atoms with Gasteiger partial charge in [0, 0.05) is 11.5 Å². The minimum absolute atomic E-state index is 0.0792. The first-order valence-electron chi connectivity index (χ1n) is 12.4. The molecule has 0 radical (unpaired) electrons. The lowest BCUT2D eigenvalue weighted by atomic mass is 9.56. The summed E-state index contributed by atoms with van der Waals surface area (Å²) in [4.78, 5) is 28.0. The molecule has 2 aromatic rings. The van der Waals surface area contributed by atoms with Crippen LogP contribution in [-0.2, 0) is 14.3 Å². The molecule has 1 unspecified atom stereocenters. The number of ketones is 1. The van der Waals surface area contributed by atoms with Gasteiger partial charge in [-0.3, -0.25) is 4.79 Å². The number of hydrogen-bond donors (Lipinski definition) is 0. The second-order valence-corrected chi connectivity index (χ2v) is 11.1. The summed E-state index contributed by atoms with van der Waals surface area (Å²) < 4.78 is 5.85. The molecule has 2 aliphatic rings. The topological polar surface area (TPSA) is 43.4 Å². The van der Waals surface area contributed by atoms with E-state index in [9.17, 15) is 9.59 Å². The molecule has 3 atom stereocenters. The van der Waals surface area contributed by atoms with Crippen molar-refractivity contribution in [3.05, 3.63) is 89.0 Å². The number of carbonyl (C=O) groups excluding carboxylic acids is 2. The SMILES string of the molecule is CC(C)C1C/C(=C\c2ccccc2)C(=O)[C@@]2(C1)C(C(=O)OC(C)(C)C)=CC[C@@H]2c1ccccc1. The number of ether oxygens (including phenoxy) is 1. The summed E-state index contributed by atoms with van der Waals surface area (Å²) in [6.07, 6.45) is 6.07. The van der Waals surface area contributed by atoms with Crippen LogP contribution in [0.4, 0.5) is 0 Å². The minimum atomic E-state index is -0.905. The summed E-state index contributed by atoms with van der Waals surface area (Å²) in [5, 5.41) is 0. The maximum atomic E-state index is 14.5. The van der Waals surface area contributed by atoms with Crippen molar-refractivity contribution in [1.29, 1.82) is 0 Å². The lowest BCUT2D eigenvalue weighted by Gasteiger charge is -2.45. The van der Waals surface area contributed by atoms with Crippen molar-refractivity contribution >= 4 is 17.8 Å². The van der Waals surface area contributed by atoms with Gasteiger partial charge in [0.25, 0.3) is 0 Å². The molecule has 0 bridgehead atoms. The average molecular weight is 457 g/mol. The molecule has 0 aromatic heterocycles. The van der Waals surface area contributed by atoms with Gasteiger partial charge in [0.1, 0.15) is 5.60 Å². The smallest absolute Gasteiger partial charge is 0.335 e. The highest BCUT2D eigenvalue weighted by Crippen LogP contribution is 2.59. The van der Waals surface area contributed by atoms with Gasteiger partial charge in [-0.2, -0.15) is 0 Å². The lowest BCUT2D eigenvalue weighted by Crippen LogP contribution is -2.46. The Bertz CT molecular complexity index is 1100. The van der Waals surface area contributed by atoms with Gasteiger partial charge in [-0.05, 0) is 74.6 Å². The molecule has 1 saturated carbocycles. The largest absolute Gasteiger partial charge is 0.457 e. The predicted molar refractivity (Wildman–Crippen MR) is 137 cm³/mol. The van der Waals surface area contributed by atoms with Gasteiger partial charge in [0.05, 0.1) is 5.41 Å². The number of carbonyl (C=O) groups is 2. The van der Waals surface area contributed by atoms with Crippen LogP contribution in [0.3, 0.4) is 0 Å². The van der Waals surface area contributed by atoms with E-state index >= 15 is 0 Å². The number of hydrogen-bond acceptors (Lipinski definition) is 3. The molecule has 0 N–H and O–H groups in total. The van der Waals surface area contributed by atoms with Gasteiger partial charge in [-0.25, -0.2) is 4.79 Å². The van der Waals surface area contributed by atoms with Gasteiger partial charge in [-0.15, -0.1) is 0 Å². The Labute approximate surface area is 203 Å². The van der Waals surface area contributed by atoms with Gasteiger partial charge in [0.15, 0.2) is 5.78 Å². The number of allylic oxidation sites excluding steroid dienone is 2. The van der Waals surface area contributed by atoms with Crippen LogP contribution in [0, 0.1) is 17.3 Å². The molecule has 0 saturated heterocycles. The molecule has 3 nitrogen and oxygen atoms in total. The van der Waals surface area contributed by atoms with Gasteiger partial charge in [0.2, 0.25) is 0 Å². The first-order valence-corrected chi connectivity index (χ1v) is 12.4. The highest BCUT2D eigenvalue weighted by molar-refractivity contribution is 6.12. The zero-order chi connectivity index (χ0) is 24.5. The average Bonchev–Trinajstić information content (AvgIpc) is 3.16. The highest BCUT2D eigenvalue weighted by Gasteiger charge is 2.58. The number of benzene rings is 2. The molecular weight excluding hydrogens is 420 g/mol. The van der Waals surface area contributed by atoms with E-state index in [1.54, 1.807) is 0 Å². The Morgan fingerprint density at radius 2 is 1.65 bits per heavy atom. The Kier molecular flexibility index (Phi) is 6.66.